The van der Waals surface area contributed by atoms with E-state index in [1.807, 2.05) is 36.1 Å². The molecule has 0 radical (unpaired) electrons. The quantitative estimate of drug-likeness (QED) is 0.452. The van der Waals surface area contributed by atoms with Gasteiger partial charge < -0.3 is 20.3 Å². The third-order valence-corrected chi connectivity index (χ3v) is 5.70. The fourth-order valence-corrected chi connectivity index (χ4v) is 3.86. The Kier molecular flexibility index (Phi) is 10.3. The van der Waals surface area contributed by atoms with Gasteiger partial charge in [0.1, 0.15) is 11.9 Å². The van der Waals surface area contributed by atoms with Gasteiger partial charge in [0.25, 0.3) is 0 Å². The Balaban J connectivity index is 1.84. The summed E-state index contributed by atoms with van der Waals surface area (Å²) in [7, 11) is 0. The molecule has 7 heteroatoms. The molecule has 1 atom stereocenters. The van der Waals surface area contributed by atoms with Crippen LogP contribution in [0.5, 0.6) is 5.75 Å². The molecule has 30 heavy (non-hydrogen) atoms. The highest BCUT2D eigenvalue weighted by atomic mass is 35.5. The lowest BCUT2D eigenvalue weighted by Crippen LogP contribution is -2.50. The Morgan fingerprint density at radius 2 is 1.97 bits per heavy atom. The van der Waals surface area contributed by atoms with Crippen LogP contribution >= 0.6 is 11.6 Å². The summed E-state index contributed by atoms with van der Waals surface area (Å²) in [6, 6.07) is 7.72. The molecule has 0 saturated carbocycles. The Hall–Kier alpha value is -1.95. The second kappa shape index (κ2) is 12.7. The van der Waals surface area contributed by atoms with Crippen LogP contribution in [-0.4, -0.2) is 55.1 Å². The van der Waals surface area contributed by atoms with E-state index in [1.54, 1.807) is 0 Å². The summed E-state index contributed by atoms with van der Waals surface area (Å²) in [6.07, 6.45) is 3.63. The highest BCUT2D eigenvalue weighted by Crippen LogP contribution is 2.19. The molecule has 1 saturated heterocycles. The number of aliphatic imine (C=N–C) groups is 1. The topological polar surface area (TPSA) is 66.0 Å². The number of halogens is 1. The molecule has 1 aromatic rings. The number of carbonyl (C=O) groups is 1. The van der Waals surface area contributed by atoms with E-state index in [-0.39, 0.29) is 12.0 Å². The average molecular weight is 437 g/mol. The van der Waals surface area contributed by atoms with Crippen LogP contribution in [0.4, 0.5) is 0 Å². The van der Waals surface area contributed by atoms with Crippen LogP contribution in [0.1, 0.15) is 53.4 Å². The molecular formula is C23H37ClN4O2. The van der Waals surface area contributed by atoms with Crippen LogP contribution in [0.25, 0.3) is 0 Å². The fraction of sp³-hybridized carbons (Fsp3) is 0.652. The zero-order valence-corrected chi connectivity index (χ0v) is 19.5. The Morgan fingerprint density at radius 1 is 1.27 bits per heavy atom. The van der Waals surface area contributed by atoms with E-state index in [9.17, 15) is 4.79 Å². The van der Waals surface area contributed by atoms with Crippen molar-refractivity contribution in [1.82, 2.24) is 15.5 Å². The number of piperidine rings is 1. The minimum Gasteiger partial charge on any atom is -0.489 e. The van der Waals surface area contributed by atoms with Crippen molar-refractivity contribution < 1.29 is 9.53 Å². The van der Waals surface area contributed by atoms with Crippen molar-refractivity contribution in [3.05, 3.63) is 29.3 Å². The summed E-state index contributed by atoms with van der Waals surface area (Å²) in [6.45, 7) is 11.2. The molecule has 1 aliphatic heterocycles. The Bertz CT molecular complexity index is 686. The molecule has 1 heterocycles. The zero-order valence-electron chi connectivity index (χ0n) is 18.8. The first-order valence-corrected chi connectivity index (χ1v) is 11.6. The van der Waals surface area contributed by atoms with Gasteiger partial charge in [-0.15, -0.1) is 0 Å². The lowest BCUT2D eigenvalue weighted by atomic mass is 9.98. The van der Waals surface area contributed by atoms with Crippen molar-refractivity contribution in [2.45, 2.75) is 65.5 Å². The van der Waals surface area contributed by atoms with Crippen LogP contribution in [-0.2, 0) is 4.79 Å². The number of hydrogen-bond acceptors (Lipinski definition) is 3. The normalized spacial score (nSPS) is 16.5. The summed E-state index contributed by atoms with van der Waals surface area (Å²) in [5.41, 5.74) is 0. The zero-order chi connectivity index (χ0) is 21.9. The van der Waals surface area contributed by atoms with E-state index in [1.165, 1.54) is 0 Å². The van der Waals surface area contributed by atoms with Crippen LogP contribution in [0.3, 0.4) is 0 Å². The molecule has 0 aromatic heterocycles. The molecular weight excluding hydrogens is 400 g/mol. The van der Waals surface area contributed by atoms with Gasteiger partial charge in [-0.1, -0.05) is 31.5 Å². The first-order chi connectivity index (χ1) is 14.5. The minimum atomic E-state index is -0.0709. The molecule has 1 aliphatic rings. The van der Waals surface area contributed by atoms with E-state index < -0.39 is 0 Å². The molecule has 0 aliphatic carbocycles. The summed E-state index contributed by atoms with van der Waals surface area (Å²) in [5.74, 6) is 2.02. The number of rotatable bonds is 9. The van der Waals surface area contributed by atoms with E-state index in [0.717, 1.165) is 57.0 Å². The van der Waals surface area contributed by atoms with Crippen molar-refractivity contribution >= 4 is 23.5 Å². The maximum absolute atomic E-state index is 12.6. The SMILES string of the molecule is CCNC(=NCC(C)Oc1cccc(Cl)c1)NC1CCN(C(=O)C(CC)CC)CC1. The van der Waals surface area contributed by atoms with Gasteiger partial charge in [-0.25, -0.2) is 4.99 Å². The second-order valence-corrected chi connectivity index (χ2v) is 8.30. The van der Waals surface area contributed by atoms with Crippen LogP contribution in [0, 0.1) is 5.92 Å². The predicted octanol–water partition coefficient (Wildman–Crippen LogP) is 4.09. The van der Waals surface area contributed by atoms with E-state index in [2.05, 4.69) is 31.4 Å². The summed E-state index contributed by atoms with van der Waals surface area (Å²) < 4.78 is 5.91. The highest BCUT2D eigenvalue weighted by molar-refractivity contribution is 6.30. The number of hydrogen-bond donors (Lipinski definition) is 2. The lowest BCUT2D eigenvalue weighted by molar-refractivity contribution is -0.136. The van der Waals surface area contributed by atoms with Crippen molar-refractivity contribution in [3.8, 4) is 5.75 Å². The summed E-state index contributed by atoms with van der Waals surface area (Å²) >= 11 is 6.02. The fourth-order valence-electron chi connectivity index (χ4n) is 3.68. The van der Waals surface area contributed by atoms with Crippen molar-refractivity contribution in [3.63, 3.8) is 0 Å². The summed E-state index contributed by atoms with van der Waals surface area (Å²) in [5, 5.41) is 7.50. The first-order valence-electron chi connectivity index (χ1n) is 11.2. The average Bonchev–Trinajstić information content (AvgIpc) is 2.73. The molecule has 0 spiro atoms. The second-order valence-electron chi connectivity index (χ2n) is 7.86. The number of likely N-dealkylation sites (tertiary alicyclic amines) is 1. The van der Waals surface area contributed by atoms with Gasteiger partial charge in [-0.05, 0) is 57.7 Å². The van der Waals surface area contributed by atoms with Gasteiger partial charge in [0.05, 0.1) is 6.54 Å². The minimum absolute atomic E-state index is 0.0709. The number of ether oxygens (including phenoxy) is 1. The molecule has 2 N–H and O–H groups in total. The Morgan fingerprint density at radius 3 is 2.57 bits per heavy atom. The molecule has 168 valence electrons. The number of amides is 1. The van der Waals surface area contributed by atoms with Crippen molar-refractivity contribution in [1.29, 1.82) is 0 Å². The van der Waals surface area contributed by atoms with E-state index in [4.69, 9.17) is 21.3 Å². The van der Waals surface area contributed by atoms with Crippen LogP contribution in [0.15, 0.2) is 29.3 Å². The molecule has 6 nitrogen and oxygen atoms in total. The Labute approximate surface area is 186 Å². The van der Waals surface area contributed by atoms with Crippen molar-refractivity contribution in [2.24, 2.45) is 10.9 Å². The number of carbonyl (C=O) groups excluding carboxylic acids is 1. The monoisotopic (exact) mass is 436 g/mol. The van der Waals surface area contributed by atoms with Gasteiger partial charge in [-0.3, -0.25) is 4.79 Å². The largest absolute Gasteiger partial charge is 0.489 e. The maximum Gasteiger partial charge on any atom is 0.225 e. The molecule has 0 bridgehead atoms. The van der Waals surface area contributed by atoms with Crippen molar-refractivity contribution in [2.75, 3.05) is 26.2 Å². The number of benzene rings is 1. The van der Waals surface area contributed by atoms with E-state index in [0.29, 0.717) is 23.5 Å². The van der Waals surface area contributed by atoms with Gasteiger partial charge >= 0.3 is 0 Å². The molecule has 1 fully saturated rings. The first kappa shape index (κ1) is 24.3. The third kappa shape index (κ3) is 7.71. The molecule has 1 unspecified atom stereocenters. The predicted molar refractivity (Wildman–Crippen MR) is 124 cm³/mol. The third-order valence-electron chi connectivity index (χ3n) is 5.47. The van der Waals surface area contributed by atoms with Gasteiger partial charge in [0.2, 0.25) is 5.91 Å². The van der Waals surface area contributed by atoms with E-state index >= 15 is 0 Å². The van der Waals surface area contributed by atoms with Gasteiger partial charge in [0.15, 0.2) is 5.96 Å². The highest BCUT2D eigenvalue weighted by Gasteiger charge is 2.26. The molecule has 1 aromatic carbocycles. The number of nitrogens with zero attached hydrogens (tertiary/aromatic N) is 2. The van der Waals surface area contributed by atoms with Crippen LogP contribution < -0.4 is 15.4 Å². The van der Waals surface area contributed by atoms with Gasteiger partial charge in [0, 0.05) is 36.6 Å². The smallest absolute Gasteiger partial charge is 0.225 e. The molecule has 2 rings (SSSR count). The van der Waals surface area contributed by atoms with Crippen LogP contribution in [0.2, 0.25) is 5.02 Å². The standard InChI is InChI=1S/C23H37ClN4O2/c1-5-18(6-2)22(29)28-13-11-20(12-14-28)27-23(25-7-3)26-16-17(4)30-21-10-8-9-19(24)15-21/h8-10,15,17-18,20H,5-7,11-14,16H2,1-4H3,(H2,25,26,27). The lowest BCUT2D eigenvalue weighted by Gasteiger charge is -2.35. The maximum atomic E-state index is 12.6. The number of nitrogens with one attached hydrogen (secondary N) is 2. The molecule has 1 amide bonds. The number of guanidine groups is 1. The summed E-state index contributed by atoms with van der Waals surface area (Å²) in [4.78, 5) is 19.3. The van der Waals surface area contributed by atoms with Gasteiger partial charge in [-0.2, -0.15) is 0 Å².